The van der Waals surface area contributed by atoms with Crippen LogP contribution in [0.4, 0.5) is 0 Å². The third kappa shape index (κ3) is 4.91. The van der Waals surface area contributed by atoms with Crippen LogP contribution < -0.4 is 0 Å². The lowest BCUT2D eigenvalue weighted by molar-refractivity contribution is 0.0463. The zero-order valence-electron chi connectivity index (χ0n) is 20.5. The van der Waals surface area contributed by atoms with Crippen LogP contribution in [0.2, 0.25) is 0 Å². The number of aryl methyl sites for hydroxylation is 1. The van der Waals surface area contributed by atoms with Crippen molar-refractivity contribution in [3.8, 4) is 0 Å². The lowest BCUT2D eigenvalue weighted by atomic mass is 9.80. The molecule has 0 bridgehead atoms. The predicted molar refractivity (Wildman–Crippen MR) is 136 cm³/mol. The van der Waals surface area contributed by atoms with Gasteiger partial charge < -0.3 is 4.74 Å². The second-order valence-electron chi connectivity index (χ2n) is 9.93. The van der Waals surface area contributed by atoms with Gasteiger partial charge in [-0.3, -0.25) is 4.98 Å². The van der Waals surface area contributed by atoms with E-state index < -0.39 is 0 Å². The fourth-order valence-corrected chi connectivity index (χ4v) is 5.12. The van der Waals surface area contributed by atoms with Gasteiger partial charge in [-0.25, -0.2) is 0 Å². The normalized spacial score (nSPS) is 24.3. The molecule has 0 spiro atoms. The molecule has 1 aliphatic heterocycles. The zero-order valence-corrected chi connectivity index (χ0v) is 20.5. The molecule has 2 aliphatic rings. The van der Waals surface area contributed by atoms with Gasteiger partial charge in [0.25, 0.3) is 0 Å². The van der Waals surface area contributed by atoms with Crippen LogP contribution in [0.15, 0.2) is 42.5 Å². The first-order valence-corrected chi connectivity index (χ1v) is 12.6. The third-order valence-corrected chi connectivity index (χ3v) is 7.44. The Morgan fingerprint density at radius 3 is 2.69 bits per heavy atom. The number of hydrogen-bond donors (Lipinski definition) is 0. The van der Waals surface area contributed by atoms with Crippen molar-refractivity contribution in [3.05, 3.63) is 76.1 Å². The van der Waals surface area contributed by atoms with Crippen LogP contribution in [0.5, 0.6) is 0 Å². The summed E-state index contributed by atoms with van der Waals surface area (Å²) >= 11 is 0. The Kier molecular flexibility index (Phi) is 7.30. The summed E-state index contributed by atoms with van der Waals surface area (Å²) in [6.45, 7) is 13.0. The average Bonchev–Trinajstić information content (AvgIpc) is 2.82. The number of ether oxygens (including phenoxy) is 1. The van der Waals surface area contributed by atoms with E-state index in [1.807, 2.05) is 0 Å². The average molecular weight is 430 g/mol. The van der Waals surface area contributed by atoms with E-state index in [0.29, 0.717) is 23.7 Å². The molecule has 0 N–H and O–H groups in total. The maximum atomic E-state index is 5.75. The molecule has 1 saturated heterocycles. The van der Waals surface area contributed by atoms with Gasteiger partial charge in [0.15, 0.2) is 0 Å². The molecule has 2 nitrogen and oxygen atoms in total. The molecule has 4 atom stereocenters. The number of pyridine rings is 1. The van der Waals surface area contributed by atoms with E-state index in [4.69, 9.17) is 9.72 Å². The van der Waals surface area contributed by atoms with Crippen molar-refractivity contribution in [2.45, 2.75) is 72.1 Å². The Balaban J connectivity index is 1.79. The molecule has 1 aromatic carbocycles. The van der Waals surface area contributed by atoms with Crippen LogP contribution in [0.3, 0.4) is 0 Å². The molecule has 1 aromatic heterocycles. The summed E-state index contributed by atoms with van der Waals surface area (Å²) in [7, 11) is 0. The van der Waals surface area contributed by atoms with E-state index in [-0.39, 0.29) is 0 Å². The molecule has 32 heavy (non-hydrogen) atoms. The van der Waals surface area contributed by atoms with E-state index in [0.717, 1.165) is 38.9 Å². The molecular weight excluding hydrogens is 390 g/mol. The van der Waals surface area contributed by atoms with Crippen molar-refractivity contribution in [1.82, 2.24) is 4.98 Å². The van der Waals surface area contributed by atoms with Crippen LogP contribution in [0.25, 0.3) is 11.6 Å². The molecule has 2 heteroatoms. The molecule has 0 radical (unpaired) electrons. The molecule has 4 rings (SSSR count). The second-order valence-corrected chi connectivity index (χ2v) is 9.93. The Labute approximate surface area is 194 Å². The van der Waals surface area contributed by atoms with Gasteiger partial charge >= 0.3 is 0 Å². The monoisotopic (exact) mass is 429 g/mol. The van der Waals surface area contributed by atoms with Gasteiger partial charge in [0.05, 0.1) is 5.69 Å². The summed E-state index contributed by atoms with van der Waals surface area (Å²) in [5, 5.41) is 0. The number of fused-ring (bicyclic) bond motifs is 1. The largest absolute Gasteiger partial charge is 0.381 e. The van der Waals surface area contributed by atoms with Crippen LogP contribution >= 0.6 is 0 Å². The molecule has 170 valence electrons. The zero-order chi connectivity index (χ0) is 22.7. The minimum absolute atomic E-state index is 0.432. The number of rotatable bonds is 6. The minimum Gasteiger partial charge on any atom is -0.381 e. The summed E-state index contributed by atoms with van der Waals surface area (Å²) in [6, 6.07) is 11.5. The highest BCUT2D eigenvalue weighted by molar-refractivity contribution is 5.75. The minimum atomic E-state index is 0.432. The lowest BCUT2D eigenvalue weighted by Gasteiger charge is -2.31. The summed E-state index contributed by atoms with van der Waals surface area (Å²) in [5.74, 6) is 2.00. The highest BCUT2D eigenvalue weighted by Crippen LogP contribution is 2.38. The molecule has 2 unspecified atom stereocenters. The molecule has 0 saturated carbocycles. The smallest absolute Gasteiger partial charge is 0.0736 e. The lowest BCUT2D eigenvalue weighted by Crippen LogP contribution is -2.25. The van der Waals surface area contributed by atoms with Crippen LogP contribution in [-0.4, -0.2) is 18.2 Å². The van der Waals surface area contributed by atoms with E-state index in [1.165, 1.54) is 39.2 Å². The van der Waals surface area contributed by atoms with Crippen LogP contribution in [0, 0.1) is 18.8 Å². The number of aromatic nitrogens is 1. The van der Waals surface area contributed by atoms with Gasteiger partial charge in [0, 0.05) is 36.3 Å². The Morgan fingerprint density at radius 1 is 1.22 bits per heavy atom. The first-order valence-electron chi connectivity index (χ1n) is 12.6. The summed E-state index contributed by atoms with van der Waals surface area (Å²) in [4.78, 5) is 5.35. The molecule has 1 aliphatic carbocycles. The van der Waals surface area contributed by atoms with E-state index in [2.05, 4.69) is 83.2 Å². The van der Waals surface area contributed by atoms with Crippen molar-refractivity contribution >= 4 is 11.6 Å². The van der Waals surface area contributed by atoms with Crippen molar-refractivity contribution in [1.29, 1.82) is 0 Å². The van der Waals surface area contributed by atoms with E-state index in [1.54, 1.807) is 0 Å². The maximum absolute atomic E-state index is 5.75. The molecule has 2 aromatic rings. The topological polar surface area (TPSA) is 22.1 Å². The number of nitrogens with zero attached hydrogens (tertiary/aromatic N) is 1. The Morgan fingerprint density at radius 2 is 2.00 bits per heavy atom. The number of hydrogen-bond acceptors (Lipinski definition) is 2. The van der Waals surface area contributed by atoms with Gasteiger partial charge in [-0.05, 0) is 60.8 Å². The summed E-state index contributed by atoms with van der Waals surface area (Å²) < 4.78 is 5.75. The quantitative estimate of drug-likeness (QED) is 0.469. The van der Waals surface area contributed by atoms with Gasteiger partial charge in [0.2, 0.25) is 0 Å². The Bertz CT molecular complexity index is 985. The van der Waals surface area contributed by atoms with E-state index in [9.17, 15) is 0 Å². The van der Waals surface area contributed by atoms with Gasteiger partial charge in [-0.2, -0.15) is 0 Å². The summed E-state index contributed by atoms with van der Waals surface area (Å²) in [5.41, 5.74) is 9.42. The fourth-order valence-electron chi connectivity index (χ4n) is 5.12. The highest BCUT2D eigenvalue weighted by atomic mass is 16.5. The van der Waals surface area contributed by atoms with Gasteiger partial charge in [0.1, 0.15) is 0 Å². The van der Waals surface area contributed by atoms with Crippen LogP contribution in [0.1, 0.15) is 92.4 Å². The predicted octanol–water partition coefficient (Wildman–Crippen LogP) is 7.72. The van der Waals surface area contributed by atoms with Crippen molar-refractivity contribution in [2.75, 3.05) is 13.2 Å². The SMILES string of the molecule is CC/C(=C/[C@@H](C)CC)c1nc(C2CCOC[C@@H]2C)cc2c1C=CC(c1ccc(C)cc1)C2. The first kappa shape index (κ1) is 23.0. The summed E-state index contributed by atoms with van der Waals surface area (Å²) in [6.07, 6.45) is 11.5. The van der Waals surface area contributed by atoms with Crippen molar-refractivity contribution < 1.29 is 4.74 Å². The molecular formula is C30H39NO. The fraction of sp³-hybridized carbons (Fsp3) is 0.500. The van der Waals surface area contributed by atoms with Crippen molar-refractivity contribution in [3.63, 3.8) is 0 Å². The van der Waals surface area contributed by atoms with Crippen molar-refractivity contribution in [2.24, 2.45) is 11.8 Å². The molecule has 1 fully saturated rings. The molecule has 2 heterocycles. The molecule has 0 amide bonds. The van der Waals surface area contributed by atoms with Gasteiger partial charge in [-0.1, -0.05) is 82.2 Å². The van der Waals surface area contributed by atoms with Gasteiger partial charge in [-0.15, -0.1) is 0 Å². The van der Waals surface area contributed by atoms with Crippen LogP contribution in [-0.2, 0) is 11.2 Å². The number of benzene rings is 1. The standard InChI is InChI=1S/C30H39NO/c1-6-20(3)16-23(7-2)30-28-13-12-25(24-10-8-21(4)9-11-24)17-26(28)18-29(31-30)27-14-15-32-19-22(27)5/h8-13,16,18,20,22,25,27H,6-7,14-15,17,19H2,1-5H3/b23-16-/t20-,22-,25?,27?/m0/s1. The Hall–Kier alpha value is -2.19. The second kappa shape index (κ2) is 10.2. The van der Waals surface area contributed by atoms with E-state index >= 15 is 0 Å². The maximum Gasteiger partial charge on any atom is 0.0736 e. The third-order valence-electron chi connectivity index (χ3n) is 7.44. The highest BCUT2D eigenvalue weighted by Gasteiger charge is 2.28. The number of allylic oxidation sites excluding steroid dienone is 3. The first-order chi connectivity index (χ1) is 15.5.